The number of likely N-dealkylation sites (N-methyl/N-ethyl adjacent to an activating group) is 1. The van der Waals surface area contributed by atoms with E-state index in [1.165, 1.54) is 23.1 Å². The molecule has 0 spiro atoms. The minimum atomic E-state index is -0.267. The van der Waals surface area contributed by atoms with Crippen molar-refractivity contribution in [3.63, 3.8) is 0 Å². The predicted molar refractivity (Wildman–Crippen MR) is 140 cm³/mol. The van der Waals surface area contributed by atoms with E-state index in [0.29, 0.717) is 43.1 Å². The third-order valence-electron chi connectivity index (χ3n) is 8.60. The molecule has 0 bridgehead atoms. The van der Waals surface area contributed by atoms with Crippen molar-refractivity contribution in [3.05, 3.63) is 74.3 Å². The maximum atomic E-state index is 13.8. The van der Waals surface area contributed by atoms with E-state index in [4.69, 9.17) is 0 Å². The normalized spacial score (nSPS) is 21.0. The van der Waals surface area contributed by atoms with Crippen molar-refractivity contribution < 1.29 is 4.39 Å². The fourth-order valence-corrected chi connectivity index (χ4v) is 6.40. The fraction of sp³-hybridized carbons (Fsp3) is 0.571. The summed E-state index contributed by atoms with van der Waals surface area (Å²) in [7, 11) is 2.15. The van der Waals surface area contributed by atoms with Crippen molar-refractivity contribution in [1.29, 1.82) is 0 Å². The molecule has 2 fully saturated rings. The number of hydrogen-bond donors (Lipinski definition) is 0. The van der Waals surface area contributed by atoms with E-state index in [1.54, 1.807) is 16.7 Å². The van der Waals surface area contributed by atoms with Gasteiger partial charge in [-0.05, 0) is 44.5 Å². The van der Waals surface area contributed by atoms with Gasteiger partial charge in [-0.25, -0.2) is 9.18 Å². The monoisotopic (exact) mass is 495 g/mol. The van der Waals surface area contributed by atoms with E-state index >= 15 is 0 Å². The van der Waals surface area contributed by atoms with E-state index < -0.39 is 0 Å². The minimum Gasteiger partial charge on any atom is -0.364 e. The van der Waals surface area contributed by atoms with Crippen LogP contribution >= 0.6 is 0 Å². The average molecular weight is 496 g/mol. The van der Waals surface area contributed by atoms with E-state index in [0.717, 1.165) is 57.4 Å². The molecule has 0 atom stereocenters. The molecule has 1 aromatic heterocycles. The van der Waals surface area contributed by atoms with Crippen LogP contribution in [0.1, 0.15) is 48.9 Å². The van der Waals surface area contributed by atoms with Gasteiger partial charge in [-0.3, -0.25) is 18.8 Å². The van der Waals surface area contributed by atoms with Gasteiger partial charge in [-0.2, -0.15) is 0 Å². The van der Waals surface area contributed by atoms with Gasteiger partial charge in [-0.15, -0.1) is 0 Å². The number of fused-ring (bicyclic) bond motifs is 1. The summed E-state index contributed by atoms with van der Waals surface area (Å²) in [6.07, 6.45) is 5.56. The molecule has 3 aliphatic rings. The Morgan fingerprint density at radius 1 is 0.944 bits per heavy atom. The molecule has 0 radical (unpaired) electrons. The average Bonchev–Trinajstić information content (AvgIpc) is 2.88. The molecule has 3 heterocycles. The van der Waals surface area contributed by atoms with Crippen LogP contribution in [0.2, 0.25) is 0 Å². The summed E-state index contributed by atoms with van der Waals surface area (Å²) in [5, 5.41) is 0. The van der Waals surface area contributed by atoms with Gasteiger partial charge in [0.25, 0.3) is 5.56 Å². The first-order chi connectivity index (χ1) is 17.3. The lowest BCUT2D eigenvalue weighted by molar-refractivity contribution is 0.0000477. The molecule has 8 heteroatoms. The topological polar surface area (TPSA) is 53.7 Å². The smallest absolute Gasteiger partial charge is 0.331 e. The molecular weight excluding hydrogens is 457 g/mol. The van der Waals surface area contributed by atoms with Gasteiger partial charge >= 0.3 is 5.69 Å². The third kappa shape index (κ3) is 4.57. The first-order valence-corrected chi connectivity index (χ1v) is 13.3. The lowest BCUT2D eigenvalue weighted by atomic mass is 9.79. The molecule has 7 nitrogen and oxygen atoms in total. The fourth-order valence-electron chi connectivity index (χ4n) is 6.40. The molecule has 36 heavy (non-hydrogen) atoms. The predicted octanol–water partition coefficient (Wildman–Crippen LogP) is 2.89. The Balaban J connectivity index is 1.46. The summed E-state index contributed by atoms with van der Waals surface area (Å²) in [5.74, 6) is -0.267. The SMILES string of the molecule is C=C1c2c(C)c(=O)n(CC3(N4CCN(C)CC4)CCCCC3)c(=O)n2CCN1Cc1ccc(F)cc1. The summed E-state index contributed by atoms with van der Waals surface area (Å²) in [6, 6.07) is 6.42. The van der Waals surface area contributed by atoms with Crippen molar-refractivity contribution in [3.8, 4) is 0 Å². The molecule has 1 saturated heterocycles. The second kappa shape index (κ2) is 9.98. The highest BCUT2D eigenvalue weighted by molar-refractivity contribution is 5.62. The molecule has 2 aromatic rings. The number of hydrogen-bond acceptors (Lipinski definition) is 5. The molecule has 5 rings (SSSR count). The van der Waals surface area contributed by atoms with Crippen molar-refractivity contribution in [1.82, 2.24) is 23.8 Å². The number of rotatable bonds is 5. The van der Waals surface area contributed by atoms with Crippen molar-refractivity contribution in [2.75, 3.05) is 39.8 Å². The first kappa shape index (κ1) is 25.0. The van der Waals surface area contributed by atoms with Crippen LogP contribution < -0.4 is 11.2 Å². The molecule has 0 unspecified atom stereocenters. The largest absolute Gasteiger partial charge is 0.364 e. The van der Waals surface area contributed by atoms with Crippen molar-refractivity contribution >= 4 is 5.70 Å². The van der Waals surface area contributed by atoms with Gasteiger partial charge in [0, 0.05) is 63.5 Å². The van der Waals surface area contributed by atoms with Crippen LogP contribution in [-0.4, -0.2) is 69.1 Å². The van der Waals surface area contributed by atoms with Crippen LogP contribution in [0.4, 0.5) is 4.39 Å². The molecule has 1 saturated carbocycles. The Labute approximate surface area is 212 Å². The van der Waals surface area contributed by atoms with Gasteiger partial charge < -0.3 is 9.80 Å². The second-order valence-corrected chi connectivity index (χ2v) is 10.9. The zero-order valence-electron chi connectivity index (χ0n) is 21.6. The van der Waals surface area contributed by atoms with Gasteiger partial charge in [0.2, 0.25) is 0 Å². The zero-order chi connectivity index (χ0) is 25.4. The Hall–Kier alpha value is -2.71. The maximum absolute atomic E-state index is 13.8. The van der Waals surface area contributed by atoms with Crippen LogP contribution in [-0.2, 0) is 19.6 Å². The first-order valence-electron chi connectivity index (χ1n) is 13.3. The zero-order valence-corrected chi connectivity index (χ0v) is 21.6. The van der Waals surface area contributed by atoms with E-state index in [-0.39, 0.29) is 22.6 Å². The molecule has 1 aliphatic carbocycles. The lowest BCUT2D eigenvalue weighted by Gasteiger charge is -2.49. The minimum absolute atomic E-state index is 0.135. The van der Waals surface area contributed by atoms with E-state index in [1.807, 2.05) is 6.92 Å². The number of nitrogens with zero attached hydrogens (tertiary/aromatic N) is 5. The lowest BCUT2D eigenvalue weighted by Crippen LogP contribution is -2.61. The van der Waals surface area contributed by atoms with E-state index in [2.05, 4.69) is 28.3 Å². The van der Waals surface area contributed by atoms with Gasteiger partial charge in [0.1, 0.15) is 5.82 Å². The molecule has 1 aromatic carbocycles. The highest BCUT2D eigenvalue weighted by atomic mass is 19.1. The molecular formula is C28H38FN5O2. The highest BCUT2D eigenvalue weighted by Gasteiger charge is 2.40. The number of aromatic nitrogens is 2. The van der Waals surface area contributed by atoms with Crippen molar-refractivity contribution in [2.24, 2.45) is 0 Å². The van der Waals surface area contributed by atoms with Crippen molar-refractivity contribution in [2.45, 2.75) is 64.2 Å². The summed E-state index contributed by atoms with van der Waals surface area (Å²) in [4.78, 5) is 34.4. The third-order valence-corrected chi connectivity index (χ3v) is 8.60. The summed E-state index contributed by atoms with van der Waals surface area (Å²) in [5.41, 5.74) is 2.29. The van der Waals surface area contributed by atoms with Crippen LogP contribution in [0, 0.1) is 12.7 Å². The summed E-state index contributed by atoms with van der Waals surface area (Å²) in [6.45, 7) is 12.2. The Morgan fingerprint density at radius 3 is 2.28 bits per heavy atom. The van der Waals surface area contributed by atoms with E-state index in [9.17, 15) is 14.0 Å². The Morgan fingerprint density at radius 2 is 1.61 bits per heavy atom. The number of benzene rings is 1. The second-order valence-electron chi connectivity index (χ2n) is 10.9. The van der Waals surface area contributed by atoms with Crippen LogP contribution in [0.15, 0.2) is 40.4 Å². The van der Waals surface area contributed by atoms with Gasteiger partial charge in [0.05, 0.1) is 11.4 Å². The Bertz CT molecular complexity index is 1230. The van der Waals surface area contributed by atoms with Gasteiger partial charge in [0.15, 0.2) is 0 Å². The van der Waals surface area contributed by atoms with Crippen LogP contribution in [0.3, 0.4) is 0 Å². The molecule has 0 amide bonds. The standard InChI is InChI=1S/C28H38FN5O2/c1-21-25-22(2)31(19-23-7-9-24(29)10-8-23)15-18-33(25)27(36)34(26(21)35)20-28(11-5-4-6-12-28)32-16-13-30(3)14-17-32/h7-10H,2,4-6,11-20H2,1,3H3. The number of halogens is 1. The molecule has 0 N–H and O–H groups in total. The molecule has 194 valence electrons. The quantitative estimate of drug-likeness (QED) is 0.639. The highest BCUT2D eigenvalue weighted by Crippen LogP contribution is 2.35. The summed E-state index contributed by atoms with van der Waals surface area (Å²) >= 11 is 0. The van der Waals surface area contributed by atoms with Gasteiger partial charge in [-0.1, -0.05) is 38.0 Å². The summed E-state index contributed by atoms with van der Waals surface area (Å²) < 4.78 is 16.6. The Kier molecular flexibility index (Phi) is 6.92. The molecule has 2 aliphatic heterocycles. The van der Waals surface area contributed by atoms with Crippen LogP contribution in [0.25, 0.3) is 5.70 Å². The maximum Gasteiger partial charge on any atom is 0.331 e. The number of piperazine rings is 1. The van der Waals surface area contributed by atoms with Crippen LogP contribution in [0.5, 0.6) is 0 Å².